The molecule has 0 saturated carbocycles. The van der Waals surface area contributed by atoms with Crippen LogP contribution in [-0.4, -0.2) is 11.8 Å². The summed E-state index contributed by atoms with van der Waals surface area (Å²) in [4.78, 5) is 24.5. The molecule has 2 N–H and O–H groups in total. The van der Waals surface area contributed by atoms with E-state index in [1.807, 2.05) is 52.0 Å². The number of anilines is 2. The molecule has 22 heavy (non-hydrogen) atoms. The van der Waals surface area contributed by atoms with Crippen LogP contribution in [0.1, 0.15) is 53.4 Å². The van der Waals surface area contributed by atoms with E-state index in [1.54, 1.807) is 0 Å². The Morgan fingerprint density at radius 3 is 1.36 bits per heavy atom. The minimum atomic E-state index is 0.00258. The van der Waals surface area contributed by atoms with Crippen molar-refractivity contribution in [1.82, 2.24) is 0 Å². The van der Waals surface area contributed by atoms with Gasteiger partial charge in [-0.25, -0.2) is 0 Å². The maximum atomic E-state index is 12.2. The third-order valence-electron chi connectivity index (χ3n) is 4.16. The molecule has 1 aromatic rings. The number of carbonyl (C=O) groups is 2. The van der Waals surface area contributed by atoms with Gasteiger partial charge in [0.05, 0.1) is 11.4 Å². The molecule has 0 bridgehead atoms. The summed E-state index contributed by atoms with van der Waals surface area (Å²) in [6.07, 6.45) is 3.24. The van der Waals surface area contributed by atoms with Gasteiger partial charge in [-0.15, -0.1) is 0 Å². The highest BCUT2D eigenvalue weighted by molar-refractivity contribution is 6.00. The van der Waals surface area contributed by atoms with Gasteiger partial charge < -0.3 is 10.6 Å². The number of amides is 2. The first kappa shape index (κ1) is 18.2. The highest BCUT2D eigenvalue weighted by Gasteiger charge is 2.18. The molecule has 1 rings (SSSR count). The highest BCUT2D eigenvalue weighted by atomic mass is 16.2. The Labute approximate surface area is 133 Å². The van der Waals surface area contributed by atoms with Crippen LogP contribution in [0, 0.1) is 11.8 Å². The number of rotatable bonds is 8. The maximum Gasteiger partial charge on any atom is 0.227 e. The second kappa shape index (κ2) is 9.23. The molecule has 0 unspecified atom stereocenters. The molecule has 0 aromatic heterocycles. The monoisotopic (exact) mass is 304 g/mol. The quantitative estimate of drug-likeness (QED) is 0.746. The summed E-state index contributed by atoms with van der Waals surface area (Å²) < 4.78 is 0. The lowest BCUT2D eigenvalue weighted by Crippen LogP contribution is -2.25. The lowest BCUT2D eigenvalue weighted by atomic mass is 10.0. The number of carbonyl (C=O) groups excluding carboxylic acids is 2. The first-order valence-electron chi connectivity index (χ1n) is 8.27. The van der Waals surface area contributed by atoms with E-state index >= 15 is 0 Å². The summed E-state index contributed by atoms with van der Waals surface area (Å²) in [6.45, 7) is 8.03. The van der Waals surface area contributed by atoms with Crippen molar-refractivity contribution in [3.63, 3.8) is 0 Å². The van der Waals surface area contributed by atoms with Crippen LogP contribution in [0.25, 0.3) is 0 Å². The molecule has 0 aliphatic rings. The first-order valence-corrected chi connectivity index (χ1v) is 8.27. The Kier molecular flexibility index (Phi) is 7.64. The van der Waals surface area contributed by atoms with Crippen LogP contribution in [0.5, 0.6) is 0 Å². The van der Waals surface area contributed by atoms with Crippen LogP contribution >= 0.6 is 0 Å². The van der Waals surface area contributed by atoms with Crippen LogP contribution in [0.4, 0.5) is 11.4 Å². The van der Waals surface area contributed by atoms with Gasteiger partial charge in [0, 0.05) is 11.8 Å². The van der Waals surface area contributed by atoms with E-state index in [0.717, 1.165) is 25.7 Å². The highest BCUT2D eigenvalue weighted by Crippen LogP contribution is 2.24. The predicted molar refractivity (Wildman–Crippen MR) is 91.8 cm³/mol. The lowest BCUT2D eigenvalue weighted by molar-refractivity contribution is -0.121. The molecule has 0 atom stereocenters. The number of hydrogen-bond donors (Lipinski definition) is 2. The van der Waals surface area contributed by atoms with Crippen molar-refractivity contribution < 1.29 is 9.59 Å². The van der Waals surface area contributed by atoms with E-state index in [1.165, 1.54) is 0 Å². The predicted octanol–water partition coefficient (Wildman–Crippen LogP) is 4.44. The van der Waals surface area contributed by atoms with Crippen molar-refractivity contribution in [2.75, 3.05) is 10.6 Å². The van der Waals surface area contributed by atoms with E-state index < -0.39 is 0 Å². The molecular weight excluding hydrogens is 276 g/mol. The van der Waals surface area contributed by atoms with Gasteiger partial charge in [-0.2, -0.15) is 0 Å². The van der Waals surface area contributed by atoms with Crippen molar-refractivity contribution in [2.45, 2.75) is 53.4 Å². The van der Waals surface area contributed by atoms with Crippen molar-refractivity contribution in [3.05, 3.63) is 24.3 Å². The second-order valence-electron chi connectivity index (χ2n) is 5.55. The number of para-hydroxylation sites is 2. The normalized spacial score (nSPS) is 10.8. The molecule has 4 nitrogen and oxygen atoms in total. The van der Waals surface area contributed by atoms with Gasteiger partial charge in [0.15, 0.2) is 0 Å². The van der Waals surface area contributed by atoms with Gasteiger partial charge in [0.1, 0.15) is 0 Å². The summed E-state index contributed by atoms with van der Waals surface area (Å²) in [5.74, 6) is 0.0223. The van der Waals surface area contributed by atoms with Crippen LogP contribution in [0.3, 0.4) is 0 Å². The summed E-state index contributed by atoms with van der Waals surface area (Å²) in [6, 6.07) is 7.36. The third kappa shape index (κ3) is 4.86. The molecular formula is C18H28N2O2. The van der Waals surface area contributed by atoms with E-state index in [4.69, 9.17) is 0 Å². The molecule has 0 saturated heterocycles. The van der Waals surface area contributed by atoms with E-state index in [9.17, 15) is 9.59 Å². The molecule has 0 heterocycles. The van der Waals surface area contributed by atoms with Crippen LogP contribution < -0.4 is 10.6 Å². The van der Waals surface area contributed by atoms with Gasteiger partial charge in [-0.1, -0.05) is 39.8 Å². The van der Waals surface area contributed by atoms with Crippen molar-refractivity contribution >= 4 is 23.2 Å². The number of hydrogen-bond acceptors (Lipinski definition) is 2. The zero-order valence-corrected chi connectivity index (χ0v) is 14.1. The van der Waals surface area contributed by atoms with Crippen molar-refractivity contribution in [2.24, 2.45) is 11.8 Å². The smallest absolute Gasteiger partial charge is 0.227 e. The summed E-state index contributed by atoms with van der Waals surface area (Å²) in [7, 11) is 0. The molecule has 0 aliphatic heterocycles. The fourth-order valence-corrected chi connectivity index (χ4v) is 2.49. The standard InChI is InChI=1S/C18H28N2O2/c1-5-13(6-2)17(21)19-15-11-9-10-12-16(15)20-18(22)14(7-3)8-4/h9-14H,5-8H2,1-4H3,(H,19,21)(H,20,22). The number of benzene rings is 1. The Hall–Kier alpha value is -1.84. The lowest BCUT2D eigenvalue weighted by Gasteiger charge is -2.18. The SMILES string of the molecule is CCC(CC)C(=O)Nc1ccccc1NC(=O)C(CC)CC. The van der Waals surface area contributed by atoms with Crippen molar-refractivity contribution in [3.8, 4) is 0 Å². The van der Waals surface area contributed by atoms with Gasteiger partial charge in [-0.3, -0.25) is 9.59 Å². The first-order chi connectivity index (χ1) is 10.6. The second-order valence-corrected chi connectivity index (χ2v) is 5.55. The minimum Gasteiger partial charge on any atom is -0.324 e. The minimum absolute atomic E-state index is 0.00258. The van der Waals surface area contributed by atoms with E-state index in [2.05, 4.69) is 10.6 Å². The zero-order chi connectivity index (χ0) is 16.5. The van der Waals surface area contributed by atoms with Gasteiger partial charge in [-0.05, 0) is 37.8 Å². The molecule has 0 spiro atoms. The molecule has 4 heteroatoms. The third-order valence-corrected chi connectivity index (χ3v) is 4.16. The average molecular weight is 304 g/mol. The van der Waals surface area contributed by atoms with Gasteiger partial charge in [0.25, 0.3) is 0 Å². The largest absolute Gasteiger partial charge is 0.324 e. The fourth-order valence-electron chi connectivity index (χ4n) is 2.49. The number of nitrogens with one attached hydrogen (secondary N) is 2. The van der Waals surface area contributed by atoms with E-state index in [0.29, 0.717) is 11.4 Å². The van der Waals surface area contributed by atoms with Crippen LogP contribution in [0.15, 0.2) is 24.3 Å². The van der Waals surface area contributed by atoms with E-state index in [-0.39, 0.29) is 23.7 Å². The Morgan fingerprint density at radius 1 is 0.773 bits per heavy atom. The molecule has 1 aromatic carbocycles. The molecule has 0 aliphatic carbocycles. The van der Waals surface area contributed by atoms with Crippen LogP contribution in [-0.2, 0) is 9.59 Å². The summed E-state index contributed by atoms with van der Waals surface area (Å²) >= 11 is 0. The van der Waals surface area contributed by atoms with Gasteiger partial charge >= 0.3 is 0 Å². The molecule has 2 amide bonds. The Balaban J connectivity index is 2.86. The molecule has 0 radical (unpaired) electrons. The maximum absolute atomic E-state index is 12.2. The molecule has 0 fully saturated rings. The van der Waals surface area contributed by atoms with Crippen molar-refractivity contribution in [1.29, 1.82) is 0 Å². The zero-order valence-electron chi connectivity index (χ0n) is 14.1. The van der Waals surface area contributed by atoms with Gasteiger partial charge in [0.2, 0.25) is 11.8 Å². The van der Waals surface area contributed by atoms with Crippen LogP contribution in [0.2, 0.25) is 0 Å². The fraction of sp³-hybridized carbons (Fsp3) is 0.556. The summed E-state index contributed by atoms with van der Waals surface area (Å²) in [5, 5.41) is 5.88. The Morgan fingerprint density at radius 2 is 1.09 bits per heavy atom. The Bertz CT molecular complexity index is 447. The average Bonchev–Trinajstić information content (AvgIpc) is 2.51. The summed E-state index contributed by atoms with van der Waals surface area (Å²) in [5.41, 5.74) is 1.33. The molecule has 122 valence electrons. The topological polar surface area (TPSA) is 58.2 Å².